The molecule has 0 saturated carbocycles. The highest BCUT2D eigenvalue weighted by Crippen LogP contribution is 2.33. The molecule has 5 heteroatoms. The van der Waals surface area contributed by atoms with Crippen LogP contribution >= 0.6 is 23.1 Å². The predicted octanol–water partition coefficient (Wildman–Crippen LogP) is 7.21. The van der Waals surface area contributed by atoms with Gasteiger partial charge in [-0.3, -0.25) is 9.69 Å². The van der Waals surface area contributed by atoms with Gasteiger partial charge < -0.3 is 0 Å². The molecule has 4 aromatic rings. The van der Waals surface area contributed by atoms with Crippen LogP contribution in [0.4, 0.5) is 5.13 Å². The van der Waals surface area contributed by atoms with Crippen molar-refractivity contribution in [1.29, 1.82) is 0 Å². The number of carbonyl (C=O) groups excluding carboxylic acids is 1. The van der Waals surface area contributed by atoms with E-state index in [1.165, 1.54) is 10.5 Å². The van der Waals surface area contributed by atoms with Gasteiger partial charge in [-0.05, 0) is 47.9 Å². The Bertz CT molecular complexity index is 1170. The number of aromatic nitrogens is 1. The molecule has 0 fully saturated rings. The summed E-state index contributed by atoms with van der Waals surface area (Å²) in [7, 11) is 0. The van der Waals surface area contributed by atoms with Crippen molar-refractivity contribution in [2.45, 2.75) is 43.9 Å². The van der Waals surface area contributed by atoms with Gasteiger partial charge in [-0.25, -0.2) is 4.98 Å². The fraction of sp³-hybridized carbons (Fsp3) is 0.231. The van der Waals surface area contributed by atoms with Crippen molar-refractivity contribution < 1.29 is 4.79 Å². The Hall–Kier alpha value is -2.63. The normalized spacial score (nSPS) is 11.2. The summed E-state index contributed by atoms with van der Waals surface area (Å²) < 4.78 is 1.11. The average molecular weight is 447 g/mol. The fourth-order valence-electron chi connectivity index (χ4n) is 3.49. The number of thiazole rings is 1. The van der Waals surface area contributed by atoms with Crippen LogP contribution in [-0.4, -0.2) is 16.1 Å². The molecule has 158 valence electrons. The maximum Gasteiger partial charge on any atom is 0.260 e. The molecule has 0 unspecified atom stereocenters. The SMILES string of the molecule is CCc1cccc2sc(N(Cc3ccccc3)C(=O)c3ccc(SC(C)C)cc3)nc12. The Morgan fingerprint density at radius 2 is 1.74 bits per heavy atom. The van der Waals surface area contributed by atoms with Crippen molar-refractivity contribution in [3.8, 4) is 0 Å². The number of thioether (sulfide) groups is 1. The van der Waals surface area contributed by atoms with Crippen LogP contribution < -0.4 is 4.90 Å². The van der Waals surface area contributed by atoms with Crippen LogP contribution in [0.25, 0.3) is 10.2 Å². The van der Waals surface area contributed by atoms with E-state index in [0.29, 0.717) is 17.4 Å². The Morgan fingerprint density at radius 1 is 1.00 bits per heavy atom. The van der Waals surface area contributed by atoms with Crippen molar-refractivity contribution >= 4 is 44.4 Å². The molecule has 0 saturated heterocycles. The van der Waals surface area contributed by atoms with Crippen molar-refractivity contribution in [2.24, 2.45) is 0 Å². The Morgan fingerprint density at radius 3 is 2.42 bits per heavy atom. The topological polar surface area (TPSA) is 33.2 Å². The van der Waals surface area contributed by atoms with Crippen molar-refractivity contribution in [1.82, 2.24) is 4.98 Å². The van der Waals surface area contributed by atoms with E-state index in [-0.39, 0.29) is 5.91 Å². The maximum atomic E-state index is 13.6. The third-order valence-electron chi connectivity index (χ3n) is 5.00. The largest absolute Gasteiger partial charge is 0.279 e. The van der Waals surface area contributed by atoms with Gasteiger partial charge in [0.15, 0.2) is 5.13 Å². The number of para-hydroxylation sites is 1. The number of amides is 1. The summed E-state index contributed by atoms with van der Waals surface area (Å²) in [5, 5.41) is 1.25. The van der Waals surface area contributed by atoms with Gasteiger partial charge in [0.05, 0.1) is 16.8 Å². The number of rotatable bonds is 7. The monoisotopic (exact) mass is 446 g/mol. The number of hydrogen-bond donors (Lipinski definition) is 0. The predicted molar refractivity (Wildman–Crippen MR) is 133 cm³/mol. The van der Waals surface area contributed by atoms with E-state index in [4.69, 9.17) is 4.98 Å². The lowest BCUT2D eigenvalue weighted by Crippen LogP contribution is -2.30. The third kappa shape index (κ3) is 5.00. The van der Waals surface area contributed by atoms with Gasteiger partial charge in [-0.2, -0.15) is 0 Å². The van der Waals surface area contributed by atoms with E-state index in [1.54, 1.807) is 23.1 Å². The van der Waals surface area contributed by atoms with Crippen molar-refractivity contribution in [3.63, 3.8) is 0 Å². The molecule has 0 aliphatic rings. The van der Waals surface area contributed by atoms with Gasteiger partial charge in [0.2, 0.25) is 0 Å². The molecule has 1 amide bonds. The smallest absolute Gasteiger partial charge is 0.260 e. The van der Waals surface area contributed by atoms with Crippen LogP contribution in [0.2, 0.25) is 0 Å². The van der Waals surface area contributed by atoms with E-state index in [1.807, 2.05) is 59.5 Å². The summed E-state index contributed by atoms with van der Waals surface area (Å²) in [6, 6.07) is 24.3. The van der Waals surface area contributed by atoms with Gasteiger partial charge in [0.25, 0.3) is 5.91 Å². The Balaban J connectivity index is 1.71. The third-order valence-corrected chi connectivity index (χ3v) is 7.06. The highest BCUT2D eigenvalue weighted by atomic mass is 32.2. The van der Waals surface area contributed by atoms with Crippen LogP contribution in [0.15, 0.2) is 77.7 Å². The van der Waals surface area contributed by atoms with Gasteiger partial charge in [0, 0.05) is 15.7 Å². The first kappa shape index (κ1) is 21.6. The minimum absolute atomic E-state index is 0.0259. The molecule has 0 radical (unpaired) electrons. The van der Waals surface area contributed by atoms with E-state index >= 15 is 0 Å². The van der Waals surface area contributed by atoms with Crippen molar-refractivity contribution in [2.75, 3.05) is 4.90 Å². The molecule has 0 spiro atoms. The zero-order valence-corrected chi connectivity index (χ0v) is 19.7. The van der Waals surface area contributed by atoms with Crippen LogP contribution in [0, 0.1) is 0 Å². The molecule has 0 atom stereocenters. The quantitative estimate of drug-likeness (QED) is 0.281. The molecule has 3 nitrogen and oxygen atoms in total. The molecule has 4 rings (SSSR count). The summed E-state index contributed by atoms with van der Waals surface area (Å²) in [5.74, 6) is -0.0259. The van der Waals surface area contributed by atoms with Crippen LogP contribution in [0.5, 0.6) is 0 Å². The molecule has 0 bridgehead atoms. The van der Waals surface area contributed by atoms with E-state index in [9.17, 15) is 4.79 Å². The number of nitrogens with zero attached hydrogens (tertiary/aromatic N) is 2. The number of anilines is 1. The van der Waals surface area contributed by atoms with Crippen molar-refractivity contribution in [3.05, 3.63) is 89.5 Å². The van der Waals surface area contributed by atoms with E-state index in [0.717, 1.165) is 27.3 Å². The molecule has 1 aromatic heterocycles. The summed E-state index contributed by atoms with van der Waals surface area (Å²) in [6.45, 7) is 6.97. The lowest BCUT2D eigenvalue weighted by molar-refractivity contribution is 0.0985. The minimum atomic E-state index is -0.0259. The molecule has 0 N–H and O–H groups in total. The Kier molecular flexibility index (Phi) is 6.73. The molecular weight excluding hydrogens is 420 g/mol. The highest BCUT2D eigenvalue weighted by molar-refractivity contribution is 7.99. The molecular formula is C26H26N2OS2. The van der Waals surface area contributed by atoms with Gasteiger partial charge >= 0.3 is 0 Å². The molecule has 31 heavy (non-hydrogen) atoms. The zero-order valence-electron chi connectivity index (χ0n) is 18.0. The molecule has 1 heterocycles. The second-order valence-electron chi connectivity index (χ2n) is 7.68. The summed E-state index contributed by atoms with van der Waals surface area (Å²) in [4.78, 5) is 21.5. The van der Waals surface area contributed by atoms with Gasteiger partial charge in [0.1, 0.15) is 0 Å². The van der Waals surface area contributed by atoms with Crippen LogP contribution in [0.1, 0.15) is 42.3 Å². The number of carbonyl (C=O) groups is 1. The Labute approximate surface area is 192 Å². The van der Waals surface area contributed by atoms with E-state index < -0.39 is 0 Å². The number of hydrogen-bond acceptors (Lipinski definition) is 4. The zero-order chi connectivity index (χ0) is 21.8. The van der Waals surface area contributed by atoms with Gasteiger partial charge in [-0.1, -0.05) is 74.6 Å². The first-order valence-electron chi connectivity index (χ1n) is 10.6. The minimum Gasteiger partial charge on any atom is -0.279 e. The summed E-state index contributed by atoms with van der Waals surface area (Å²) in [6.07, 6.45) is 0.919. The first-order chi connectivity index (χ1) is 15.0. The standard InChI is InChI=1S/C26H26N2OS2/c1-4-20-11-8-12-23-24(20)27-26(31-23)28(17-19-9-6-5-7-10-19)25(29)21-13-15-22(16-14-21)30-18(2)3/h5-16,18H,4,17H2,1-3H3. The molecule has 3 aromatic carbocycles. The first-order valence-corrected chi connectivity index (χ1v) is 12.3. The number of fused-ring (bicyclic) bond motifs is 1. The number of benzene rings is 3. The van der Waals surface area contributed by atoms with E-state index in [2.05, 4.69) is 39.0 Å². The second kappa shape index (κ2) is 9.67. The molecule has 0 aliphatic carbocycles. The van der Waals surface area contributed by atoms with Gasteiger partial charge in [-0.15, -0.1) is 11.8 Å². The fourth-order valence-corrected chi connectivity index (χ4v) is 5.34. The summed E-state index contributed by atoms with van der Waals surface area (Å²) >= 11 is 3.38. The average Bonchev–Trinajstić information content (AvgIpc) is 3.22. The lowest BCUT2D eigenvalue weighted by atomic mass is 10.1. The second-order valence-corrected chi connectivity index (χ2v) is 10.3. The van der Waals surface area contributed by atoms with Crippen LogP contribution in [0.3, 0.4) is 0 Å². The lowest BCUT2D eigenvalue weighted by Gasteiger charge is -2.20. The highest BCUT2D eigenvalue weighted by Gasteiger charge is 2.22. The summed E-state index contributed by atoms with van der Waals surface area (Å²) in [5.41, 5.74) is 3.97. The maximum absolute atomic E-state index is 13.6. The number of aryl methyl sites for hydroxylation is 1. The molecule has 0 aliphatic heterocycles. The van der Waals surface area contributed by atoms with Crippen LogP contribution in [-0.2, 0) is 13.0 Å².